The van der Waals surface area contributed by atoms with Gasteiger partial charge in [-0.15, -0.1) is 0 Å². The summed E-state index contributed by atoms with van der Waals surface area (Å²) in [5, 5.41) is 0. The van der Waals surface area contributed by atoms with Gasteiger partial charge in [0.05, 0.1) is 0 Å². The van der Waals surface area contributed by atoms with Crippen LogP contribution in [-0.4, -0.2) is 37.2 Å². The summed E-state index contributed by atoms with van der Waals surface area (Å²) in [7, 11) is 0. The third-order valence-electron chi connectivity index (χ3n) is 12.3. The van der Waals surface area contributed by atoms with Gasteiger partial charge in [-0.3, -0.25) is 14.4 Å². The van der Waals surface area contributed by atoms with E-state index in [0.29, 0.717) is 19.3 Å². The zero-order valence-electron chi connectivity index (χ0n) is 43.7. The standard InChI is InChI=1S/C60H106O6/c1-4-7-10-13-16-19-22-25-28-30-33-35-38-41-44-47-50-53-59(62)65-56-57(55-64-58(61)52-49-46-43-40-37-34-31-27-24-21-18-15-12-9-6-3)66-60(63)54-51-48-45-42-39-36-32-29-26-23-20-17-14-11-8-5-2/h9,12,18,20-21,23,27,29,31-32,57H,4-8,10-11,13-17,19,22,24-26,28,30,33-56H2,1-3H3/b12-9-,21-18-,23-20-,31-27-,32-29-. The highest BCUT2D eigenvalue weighted by Gasteiger charge is 2.19. The van der Waals surface area contributed by atoms with Gasteiger partial charge in [0, 0.05) is 19.3 Å². The van der Waals surface area contributed by atoms with E-state index in [1.54, 1.807) is 0 Å². The summed E-state index contributed by atoms with van der Waals surface area (Å²) in [6, 6.07) is 0. The second-order valence-corrected chi connectivity index (χ2v) is 18.8. The Hall–Kier alpha value is -2.89. The number of carbonyl (C=O) groups is 3. The molecule has 0 aliphatic heterocycles. The molecule has 0 bridgehead atoms. The molecule has 0 saturated carbocycles. The third kappa shape index (κ3) is 52.1. The molecule has 0 saturated heterocycles. The van der Waals surface area contributed by atoms with Crippen LogP contribution in [0.15, 0.2) is 60.8 Å². The van der Waals surface area contributed by atoms with E-state index >= 15 is 0 Å². The van der Waals surface area contributed by atoms with E-state index in [2.05, 4.69) is 81.5 Å². The minimum absolute atomic E-state index is 0.0832. The van der Waals surface area contributed by atoms with E-state index in [4.69, 9.17) is 14.2 Å². The number of unbranched alkanes of at least 4 members (excludes halogenated alkanes) is 30. The molecular formula is C60H106O6. The maximum absolute atomic E-state index is 12.8. The van der Waals surface area contributed by atoms with Crippen LogP contribution in [0.25, 0.3) is 0 Å². The number of carbonyl (C=O) groups excluding carboxylic acids is 3. The first-order valence-corrected chi connectivity index (χ1v) is 28.3. The minimum atomic E-state index is -0.787. The Kier molecular flexibility index (Phi) is 52.3. The molecule has 0 aromatic rings. The van der Waals surface area contributed by atoms with Crippen molar-refractivity contribution in [3.05, 3.63) is 60.8 Å². The molecule has 0 aliphatic rings. The molecule has 6 nitrogen and oxygen atoms in total. The van der Waals surface area contributed by atoms with Crippen LogP contribution in [0.5, 0.6) is 0 Å². The van der Waals surface area contributed by atoms with Crippen molar-refractivity contribution in [2.45, 2.75) is 290 Å². The summed E-state index contributed by atoms with van der Waals surface area (Å²) in [6.45, 7) is 6.51. The van der Waals surface area contributed by atoms with Gasteiger partial charge in [-0.25, -0.2) is 0 Å². The second kappa shape index (κ2) is 54.7. The van der Waals surface area contributed by atoms with Crippen LogP contribution in [-0.2, 0) is 28.6 Å². The Morgan fingerprint density at radius 1 is 0.318 bits per heavy atom. The summed E-state index contributed by atoms with van der Waals surface area (Å²) in [5.74, 6) is -0.904. The van der Waals surface area contributed by atoms with Crippen molar-refractivity contribution in [3.8, 4) is 0 Å². The predicted octanol–water partition coefficient (Wildman–Crippen LogP) is 18.8. The van der Waals surface area contributed by atoms with Gasteiger partial charge >= 0.3 is 17.9 Å². The highest BCUT2D eigenvalue weighted by molar-refractivity contribution is 5.71. The van der Waals surface area contributed by atoms with Gasteiger partial charge in [0.2, 0.25) is 0 Å². The van der Waals surface area contributed by atoms with Crippen LogP contribution in [0.3, 0.4) is 0 Å². The Morgan fingerprint density at radius 2 is 0.591 bits per heavy atom. The molecule has 0 heterocycles. The molecule has 0 N–H and O–H groups in total. The largest absolute Gasteiger partial charge is 0.462 e. The third-order valence-corrected chi connectivity index (χ3v) is 12.3. The van der Waals surface area contributed by atoms with Crippen LogP contribution in [0, 0.1) is 0 Å². The SMILES string of the molecule is CC/C=C\C/C=C\C/C=C\CCCCCCCC(=O)OCC(COC(=O)CCCCCCCCCCCCCCCCCCC)OC(=O)CCCCCCC/C=C\C/C=C\CCCCCC. The lowest BCUT2D eigenvalue weighted by Crippen LogP contribution is -2.30. The molecule has 0 amide bonds. The lowest BCUT2D eigenvalue weighted by Gasteiger charge is -2.18. The average molecular weight is 924 g/mol. The van der Waals surface area contributed by atoms with Crippen LogP contribution < -0.4 is 0 Å². The van der Waals surface area contributed by atoms with Crippen molar-refractivity contribution < 1.29 is 28.6 Å². The molecule has 0 aliphatic carbocycles. The number of esters is 3. The monoisotopic (exact) mass is 923 g/mol. The van der Waals surface area contributed by atoms with E-state index in [-0.39, 0.29) is 31.1 Å². The highest BCUT2D eigenvalue weighted by atomic mass is 16.6. The average Bonchev–Trinajstić information content (AvgIpc) is 3.31. The van der Waals surface area contributed by atoms with E-state index in [0.717, 1.165) is 122 Å². The van der Waals surface area contributed by atoms with Crippen molar-refractivity contribution in [2.24, 2.45) is 0 Å². The summed E-state index contributed by atoms with van der Waals surface area (Å²) < 4.78 is 16.8. The van der Waals surface area contributed by atoms with Crippen molar-refractivity contribution >= 4 is 17.9 Å². The summed E-state index contributed by atoms with van der Waals surface area (Å²) >= 11 is 0. The summed E-state index contributed by atoms with van der Waals surface area (Å²) in [4.78, 5) is 38.1. The molecular weight excluding hydrogens is 817 g/mol. The normalized spacial score (nSPS) is 12.5. The van der Waals surface area contributed by atoms with Crippen molar-refractivity contribution in [3.63, 3.8) is 0 Å². The molecule has 0 rings (SSSR count). The topological polar surface area (TPSA) is 78.9 Å². The van der Waals surface area contributed by atoms with Gasteiger partial charge in [0.1, 0.15) is 13.2 Å². The van der Waals surface area contributed by atoms with E-state index in [9.17, 15) is 14.4 Å². The maximum atomic E-state index is 12.8. The zero-order chi connectivity index (χ0) is 47.9. The Labute approximate surface area is 409 Å². The molecule has 1 unspecified atom stereocenters. The first kappa shape index (κ1) is 63.1. The lowest BCUT2D eigenvalue weighted by molar-refractivity contribution is -0.167. The second-order valence-electron chi connectivity index (χ2n) is 18.8. The number of rotatable bonds is 51. The Balaban J connectivity index is 4.40. The first-order valence-electron chi connectivity index (χ1n) is 28.3. The minimum Gasteiger partial charge on any atom is -0.462 e. The molecule has 1 atom stereocenters. The van der Waals surface area contributed by atoms with Gasteiger partial charge in [-0.2, -0.15) is 0 Å². The van der Waals surface area contributed by atoms with E-state index < -0.39 is 6.10 Å². The Morgan fingerprint density at radius 3 is 0.939 bits per heavy atom. The first-order chi connectivity index (χ1) is 32.5. The number of hydrogen-bond donors (Lipinski definition) is 0. The summed E-state index contributed by atoms with van der Waals surface area (Å²) in [5.41, 5.74) is 0. The fourth-order valence-corrected chi connectivity index (χ4v) is 8.02. The molecule has 0 aromatic heterocycles. The van der Waals surface area contributed by atoms with Crippen molar-refractivity contribution in [2.75, 3.05) is 13.2 Å². The molecule has 0 fully saturated rings. The van der Waals surface area contributed by atoms with Gasteiger partial charge in [0.15, 0.2) is 6.10 Å². The fraction of sp³-hybridized carbons (Fsp3) is 0.783. The van der Waals surface area contributed by atoms with Crippen molar-refractivity contribution in [1.29, 1.82) is 0 Å². The summed E-state index contributed by atoms with van der Waals surface area (Å²) in [6.07, 6.45) is 67.8. The van der Waals surface area contributed by atoms with Crippen LogP contribution in [0.2, 0.25) is 0 Å². The van der Waals surface area contributed by atoms with Gasteiger partial charge in [-0.1, -0.05) is 242 Å². The molecule has 66 heavy (non-hydrogen) atoms. The smallest absolute Gasteiger partial charge is 0.306 e. The maximum Gasteiger partial charge on any atom is 0.306 e. The van der Waals surface area contributed by atoms with E-state index in [1.807, 2.05) is 0 Å². The molecule has 0 radical (unpaired) electrons. The quantitative estimate of drug-likeness (QED) is 0.0262. The fourth-order valence-electron chi connectivity index (χ4n) is 8.02. The number of allylic oxidation sites excluding steroid dienone is 10. The molecule has 0 spiro atoms. The van der Waals surface area contributed by atoms with Gasteiger partial charge in [-0.05, 0) is 83.5 Å². The van der Waals surface area contributed by atoms with Crippen LogP contribution >= 0.6 is 0 Å². The van der Waals surface area contributed by atoms with Gasteiger partial charge in [0.25, 0.3) is 0 Å². The highest BCUT2D eigenvalue weighted by Crippen LogP contribution is 2.16. The van der Waals surface area contributed by atoms with Crippen LogP contribution in [0.4, 0.5) is 0 Å². The van der Waals surface area contributed by atoms with Gasteiger partial charge < -0.3 is 14.2 Å². The zero-order valence-corrected chi connectivity index (χ0v) is 43.7. The van der Waals surface area contributed by atoms with Crippen LogP contribution in [0.1, 0.15) is 284 Å². The predicted molar refractivity (Wildman–Crippen MR) is 284 cm³/mol. The van der Waals surface area contributed by atoms with Crippen molar-refractivity contribution in [1.82, 2.24) is 0 Å². The number of ether oxygens (including phenoxy) is 3. The Bertz CT molecular complexity index is 1200. The lowest BCUT2D eigenvalue weighted by atomic mass is 10.0. The molecule has 382 valence electrons. The van der Waals surface area contributed by atoms with E-state index in [1.165, 1.54) is 122 Å². The number of hydrogen-bond acceptors (Lipinski definition) is 6. The molecule has 0 aromatic carbocycles. The molecule has 6 heteroatoms.